The maximum Gasteiger partial charge on any atom is 0.153 e. The second-order valence-electron chi connectivity index (χ2n) is 19.8. The number of nitrogens with zero attached hydrogens (tertiary/aromatic N) is 9. The minimum atomic E-state index is -3.09. The van der Waals surface area contributed by atoms with Gasteiger partial charge in [0.15, 0.2) is 31.3 Å². The van der Waals surface area contributed by atoms with Gasteiger partial charge in [-0.3, -0.25) is 0 Å². The van der Waals surface area contributed by atoms with Crippen molar-refractivity contribution in [2.75, 3.05) is 97.7 Å². The van der Waals surface area contributed by atoms with Crippen molar-refractivity contribution in [2.45, 2.75) is 97.5 Å². The Morgan fingerprint density at radius 2 is 1.25 bits per heavy atom. The van der Waals surface area contributed by atoms with Crippen molar-refractivity contribution in [3.05, 3.63) is 67.5 Å². The summed E-state index contributed by atoms with van der Waals surface area (Å²) in [4.78, 5) is 34.2. The first kappa shape index (κ1) is 56.2. The lowest BCUT2D eigenvalue weighted by atomic mass is 9.73. The third kappa shape index (κ3) is 12.2. The Kier molecular flexibility index (Phi) is 17.6. The molecule has 4 aromatic rings. The summed E-state index contributed by atoms with van der Waals surface area (Å²) >= 11 is 22.3. The summed E-state index contributed by atoms with van der Waals surface area (Å²) in [7, 11) is -6.04. The summed E-state index contributed by atoms with van der Waals surface area (Å²) in [6.07, 6.45) is 13.2. The van der Waals surface area contributed by atoms with Crippen molar-refractivity contribution >= 4 is 106 Å². The second kappa shape index (κ2) is 22.9. The van der Waals surface area contributed by atoms with Gasteiger partial charge in [-0.1, -0.05) is 47.2 Å². The first-order valence-corrected chi connectivity index (χ1v) is 30.6. The van der Waals surface area contributed by atoms with Gasteiger partial charge < -0.3 is 55.7 Å². The van der Waals surface area contributed by atoms with Gasteiger partial charge >= 0.3 is 0 Å². The number of H-pyrrole nitrogens is 1. The molecule has 0 radical (unpaired) electrons. The normalized spacial score (nSPS) is 23.9. The molecule has 6 fully saturated rings. The highest BCUT2D eigenvalue weighted by atomic mass is 79.9. The molecule has 10 heterocycles. The van der Waals surface area contributed by atoms with Crippen molar-refractivity contribution < 1.29 is 36.5 Å². The van der Waals surface area contributed by atoms with Crippen molar-refractivity contribution in [1.82, 2.24) is 29.9 Å². The average molecular weight is 1190 g/mol. The van der Waals surface area contributed by atoms with Crippen LogP contribution in [0.15, 0.2) is 51.4 Å². The van der Waals surface area contributed by atoms with E-state index < -0.39 is 24.9 Å². The molecule has 73 heavy (non-hydrogen) atoms. The van der Waals surface area contributed by atoms with Crippen LogP contribution in [0.25, 0.3) is 0 Å². The van der Waals surface area contributed by atoms with Crippen LogP contribution in [0, 0.1) is 15.3 Å². The Balaban J connectivity index is 0.000000162. The van der Waals surface area contributed by atoms with E-state index in [2.05, 4.69) is 62.6 Å². The van der Waals surface area contributed by atoms with E-state index in [1.165, 1.54) is 24.3 Å². The monoisotopic (exact) mass is 1190 g/mol. The van der Waals surface area contributed by atoms with Crippen LogP contribution in [0.3, 0.4) is 0 Å². The van der Waals surface area contributed by atoms with Crippen LogP contribution in [-0.2, 0) is 42.4 Å². The molecule has 0 amide bonds. The van der Waals surface area contributed by atoms with Gasteiger partial charge in [0, 0.05) is 105 Å². The molecule has 0 bridgehead atoms. The fourth-order valence-corrected chi connectivity index (χ4v) is 13.8. The molecular weight excluding hydrogens is 1130 g/mol. The van der Waals surface area contributed by atoms with Crippen LogP contribution in [0.4, 0.5) is 23.3 Å². The molecular formula is C46H63BrCl2N12O8S4. The Morgan fingerprint density at radius 3 is 1.73 bits per heavy atom. The fourth-order valence-electron chi connectivity index (χ4n) is 10.1. The standard InChI is InChI=1S/C23H31ClN6O4S2.C14H21BrN4O2.C9H11ClN2O2S2/c1-14-20(25)23(13-34-14)4-7-29(8-5-23)21-16(12-31)28-18(9-27-21)35-17-3-6-26-22(19(17)24)30-10-15(11-30)36(2,32)33;1-9-12(16)14(8-21-9)2-4-19(5-3-14)13-10(7-20)18-11(15)6-17-13;1-16(13,14)6-4-12(5-6)9-8(10)7(15)2-3-11-9/h3,6,9,14-15,20,31H,4-5,7-8,10-13,25H2,1-2H3;6,9,12,20H,2-5,7-8,16H2,1H3;2-3,6H,4-5H2,1H3,(H,11,15)/t14-,20+;9-,12+;/m00./s1. The smallest absolute Gasteiger partial charge is 0.153 e. The number of rotatable bonds is 10. The number of hydrogen-bond acceptors (Lipinski definition) is 21. The van der Waals surface area contributed by atoms with Crippen LogP contribution < -0.4 is 31.1 Å². The van der Waals surface area contributed by atoms with Crippen molar-refractivity contribution in [1.29, 1.82) is 0 Å². The lowest BCUT2D eigenvalue weighted by Crippen LogP contribution is -2.55. The lowest BCUT2D eigenvalue weighted by Gasteiger charge is -2.41. The molecule has 6 aliphatic rings. The predicted octanol–water partition coefficient (Wildman–Crippen LogP) is 4.43. The third-order valence-electron chi connectivity index (χ3n) is 15.2. The van der Waals surface area contributed by atoms with Gasteiger partial charge in [0.1, 0.15) is 32.7 Å². The summed E-state index contributed by atoms with van der Waals surface area (Å²) < 4.78 is 58.8. The summed E-state index contributed by atoms with van der Waals surface area (Å²) in [5.41, 5.74) is 14.0. The van der Waals surface area contributed by atoms with E-state index in [9.17, 15) is 27.0 Å². The number of piperidine rings is 2. The van der Waals surface area contributed by atoms with Crippen LogP contribution in [-0.4, -0.2) is 170 Å². The van der Waals surface area contributed by atoms with Crippen molar-refractivity contribution in [3.8, 4) is 0 Å². The first-order valence-electron chi connectivity index (χ1n) is 24.0. The Bertz CT molecular complexity index is 2910. The molecule has 6 aliphatic heterocycles. The first-order chi connectivity index (χ1) is 34.6. The lowest BCUT2D eigenvalue weighted by molar-refractivity contribution is 0.0973. The fraction of sp³-hybridized carbons (Fsp3) is 0.609. The number of aromatic nitrogens is 6. The molecule has 7 N–H and O–H groups in total. The number of halogens is 3. The van der Waals surface area contributed by atoms with E-state index in [0.717, 1.165) is 69.2 Å². The van der Waals surface area contributed by atoms with E-state index in [1.807, 2.05) is 16.7 Å². The average Bonchev–Trinajstić information content (AvgIpc) is 3.75. The number of aliphatic hydroxyl groups excluding tert-OH is 2. The number of aromatic amines is 1. The Hall–Kier alpha value is -3.05. The largest absolute Gasteiger partial charge is 0.390 e. The predicted molar refractivity (Wildman–Crippen MR) is 290 cm³/mol. The van der Waals surface area contributed by atoms with Gasteiger partial charge in [-0.2, -0.15) is 0 Å². The molecule has 4 atom stereocenters. The Morgan fingerprint density at radius 1 is 0.753 bits per heavy atom. The topological polar surface area (TPSA) is 272 Å². The number of nitrogens with two attached hydrogens (primary N) is 2. The van der Waals surface area contributed by atoms with Crippen LogP contribution >= 0.6 is 63.1 Å². The van der Waals surface area contributed by atoms with Crippen LogP contribution in [0.2, 0.25) is 10.0 Å². The van der Waals surface area contributed by atoms with Gasteiger partial charge in [0.25, 0.3) is 0 Å². The van der Waals surface area contributed by atoms with E-state index in [4.69, 9.17) is 56.4 Å². The molecule has 6 saturated heterocycles. The van der Waals surface area contributed by atoms with Gasteiger partial charge in [0.2, 0.25) is 0 Å². The third-order valence-corrected chi connectivity index (χ3v) is 20.8. The summed E-state index contributed by atoms with van der Waals surface area (Å²) in [6.45, 7) is 10.2. The van der Waals surface area contributed by atoms with Gasteiger partial charge in [0.05, 0.1) is 76.1 Å². The van der Waals surface area contributed by atoms with Gasteiger partial charge in [-0.25, -0.2) is 41.8 Å². The molecule has 0 aliphatic carbocycles. The SMILES string of the molecule is CS(=O)(=O)C1CN(c2[nH]ccc(=S)c2Cl)C1.C[C@@H]1OCC2(CCN(c3ncc(Br)nc3CO)CC2)[C@@H]1N.C[C@@H]1OCC2(CCN(c3ncc(Sc4ccnc(N5CC(S(C)(=O)=O)C5)c4Cl)nc3CO)CC2)[C@@H]1N. The highest BCUT2D eigenvalue weighted by molar-refractivity contribution is 9.10. The van der Waals surface area contributed by atoms with Gasteiger partial charge in [-0.05, 0) is 67.6 Å². The Labute approximate surface area is 454 Å². The number of hydrogen-bond donors (Lipinski definition) is 5. The second-order valence-corrected chi connectivity index (χ2v) is 27.5. The molecule has 4 aromatic heterocycles. The number of aliphatic hydroxyl groups is 2. The molecule has 2 spiro atoms. The van der Waals surface area contributed by atoms with Crippen LogP contribution in [0.1, 0.15) is 50.9 Å². The quantitative estimate of drug-likeness (QED) is 0.137. The van der Waals surface area contributed by atoms with Crippen LogP contribution in [0.5, 0.6) is 0 Å². The number of ether oxygens (including phenoxy) is 2. The van der Waals surface area contributed by atoms with Crippen molar-refractivity contribution in [2.24, 2.45) is 22.3 Å². The molecule has 0 aromatic carbocycles. The van der Waals surface area contributed by atoms with E-state index in [0.29, 0.717) is 85.8 Å². The molecule has 0 saturated carbocycles. The highest BCUT2D eigenvalue weighted by Crippen LogP contribution is 2.44. The number of anilines is 4. The van der Waals surface area contributed by atoms with E-state index in [1.54, 1.807) is 36.9 Å². The number of nitrogens with one attached hydrogen (secondary N) is 1. The number of sulfone groups is 2. The molecule has 0 unspecified atom stereocenters. The van der Waals surface area contributed by atoms with E-state index >= 15 is 0 Å². The van der Waals surface area contributed by atoms with E-state index in [-0.39, 0.29) is 53.6 Å². The van der Waals surface area contributed by atoms with Crippen molar-refractivity contribution in [3.63, 3.8) is 0 Å². The minimum absolute atomic E-state index is 0.00606. The summed E-state index contributed by atoms with van der Waals surface area (Å²) in [6, 6.07) is 3.63. The zero-order valence-electron chi connectivity index (χ0n) is 41.0. The molecule has 20 nitrogen and oxygen atoms in total. The number of pyridine rings is 2. The zero-order valence-corrected chi connectivity index (χ0v) is 47.4. The maximum atomic E-state index is 11.7. The zero-order chi connectivity index (χ0) is 52.6. The summed E-state index contributed by atoms with van der Waals surface area (Å²) in [5.74, 6) is 2.72. The van der Waals surface area contributed by atoms with Gasteiger partial charge in [-0.15, -0.1) is 0 Å². The highest BCUT2D eigenvalue weighted by Gasteiger charge is 2.49. The molecule has 10 rings (SSSR count). The maximum absolute atomic E-state index is 11.7. The minimum Gasteiger partial charge on any atom is -0.390 e. The molecule has 400 valence electrons. The molecule has 27 heteroatoms. The summed E-state index contributed by atoms with van der Waals surface area (Å²) in [5, 5.41) is 20.3.